The zero-order chi connectivity index (χ0) is 50.4. The highest BCUT2D eigenvalue weighted by Crippen LogP contribution is 2.36. The number of pyridine rings is 1. The minimum Gasteiger partial charge on any atom is -0.391 e. The van der Waals surface area contributed by atoms with E-state index in [9.17, 15) is 29.1 Å². The van der Waals surface area contributed by atoms with Gasteiger partial charge in [0.2, 0.25) is 17.7 Å². The van der Waals surface area contributed by atoms with Gasteiger partial charge in [0.25, 0.3) is 5.91 Å². The van der Waals surface area contributed by atoms with E-state index in [-0.39, 0.29) is 61.4 Å². The van der Waals surface area contributed by atoms with Crippen LogP contribution >= 0.6 is 11.3 Å². The lowest BCUT2D eigenvalue weighted by Gasteiger charge is -2.36. The number of thiazole rings is 1. The number of Topliss-reactive ketones (excluding diaryl/α,β-unsaturated/α-hetero) is 1. The quantitative estimate of drug-likeness (QED) is 0.0849. The predicted octanol–water partition coefficient (Wildman–Crippen LogP) is 7.16. The number of hydrogen-bond acceptors (Lipinski definition) is 12. The molecule has 8 rings (SSSR count). The molecular weight excluding hydrogens is 917 g/mol. The Morgan fingerprint density at radius 2 is 1.63 bits per heavy atom. The molecule has 2 aliphatic heterocycles. The molecule has 0 unspecified atom stereocenters. The number of aliphatic hydroxyl groups excluding tert-OH is 1. The predicted molar refractivity (Wildman–Crippen MR) is 275 cm³/mol. The van der Waals surface area contributed by atoms with Crippen LogP contribution in [0.4, 0.5) is 5.69 Å². The van der Waals surface area contributed by atoms with E-state index in [1.165, 1.54) is 4.90 Å². The van der Waals surface area contributed by atoms with Crippen molar-refractivity contribution in [1.82, 2.24) is 44.5 Å². The van der Waals surface area contributed by atoms with Gasteiger partial charge in [-0.3, -0.25) is 29.0 Å². The maximum Gasteiger partial charge on any atom is 0.270 e. The minimum atomic E-state index is -0.830. The molecule has 71 heavy (non-hydrogen) atoms. The Morgan fingerprint density at radius 1 is 0.901 bits per heavy atom. The van der Waals surface area contributed by atoms with Crippen LogP contribution in [0.25, 0.3) is 21.5 Å². The van der Waals surface area contributed by atoms with Crippen molar-refractivity contribution in [2.24, 2.45) is 11.3 Å². The van der Waals surface area contributed by atoms with Gasteiger partial charge in [-0.25, -0.2) is 15.0 Å². The number of piperazine rings is 1. The number of aryl methyl sites for hydroxylation is 1. The first-order valence-electron chi connectivity index (χ1n) is 25.4. The van der Waals surface area contributed by atoms with Crippen LogP contribution in [0, 0.1) is 18.3 Å². The van der Waals surface area contributed by atoms with Gasteiger partial charge in [0.15, 0.2) is 0 Å². The summed E-state index contributed by atoms with van der Waals surface area (Å²) in [6, 6.07) is 13.4. The lowest BCUT2D eigenvalue weighted by Crippen LogP contribution is -2.50. The number of carbonyl (C=O) groups excluding carboxylic acids is 5. The van der Waals surface area contributed by atoms with E-state index in [0.29, 0.717) is 69.8 Å². The Kier molecular flexibility index (Phi) is 16.3. The van der Waals surface area contributed by atoms with Gasteiger partial charge in [-0.1, -0.05) is 64.3 Å². The van der Waals surface area contributed by atoms with Crippen LogP contribution in [-0.4, -0.2) is 133 Å². The summed E-state index contributed by atoms with van der Waals surface area (Å²) in [7, 11) is 3.55. The van der Waals surface area contributed by atoms with Crippen LogP contribution in [-0.2, 0) is 32.1 Å². The van der Waals surface area contributed by atoms with E-state index in [4.69, 9.17) is 9.97 Å². The molecule has 3 fully saturated rings. The summed E-state index contributed by atoms with van der Waals surface area (Å²) >= 11 is 1.58. The molecule has 4 aromatic heterocycles. The number of carbonyl (C=O) groups is 5. The fourth-order valence-corrected chi connectivity index (χ4v) is 11.1. The van der Waals surface area contributed by atoms with Gasteiger partial charge in [-0.15, -0.1) is 11.3 Å². The number of aromatic nitrogens is 5. The van der Waals surface area contributed by atoms with E-state index in [0.717, 1.165) is 76.2 Å². The third-order valence-electron chi connectivity index (χ3n) is 14.5. The molecule has 5 aromatic rings. The van der Waals surface area contributed by atoms with E-state index in [1.807, 2.05) is 86.9 Å². The largest absolute Gasteiger partial charge is 0.391 e. The number of nitrogens with one attached hydrogen (secondary N) is 1. The third kappa shape index (κ3) is 12.3. The molecule has 0 spiro atoms. The van der Waals surface area contributed by atoms with E-state index in [1.54, 1.807) is 30.3 Å². The SMILES string of the molecule is Cc1ncsc1-c1ccc(CNC(=O)[C@@H]2C[C@@H](O)CN2C(=O)[C@@H](CC(=O)CCCCCC(=O)N2CCN(c3ccc(Cc4ncc5cc(C(=O)N(C)C)n(C6CCCC6)c5n4)nc3)CC2)C(C)(C)C)cc1. The number of ketones is 1. The van der Waals surface area contributed by atoms with Crippen molar-refractivity contribution in [2.75, 3.05) is 51.7 Å². The van der Waals surface area contributed by atoms with E-state index >= 15 is 0 Å². The highest BCUT2D eigenvalue weighted by molar-refractivity contribution is 7.13. The lowest BCUT2D eigenvalue weighted by molar-refractivity contribution is -0.146. The first kappa shape index (κ1) is 51.3. The Bertz CT molecular complexity index is 2680. The number of rotatable bonds is 18. The fourth-order valence-electron chi connectivity index (χ4n) is 10.3. The number of amides is 4. The van der Waals surface area contributed by atoms with Gasteiger partial charge in [0, 0.05) is 108 Å². The molecule has 16 nitrogen and oxygen atoms in total. The number of anilines is 1. The number of fused-ring (bicyclic) bond motifs is 1. The monoisotopic (exact) mass is 987 g/mol. The average Bonchev–Trinajstić information content (AvgIpc) is 4.19. The number of β-amino-alcohol motifs (C(OH)–C–C–N with tert-alkyl or cyclic N) is 1. The molecule has 3 atom stereocenters. The molecule has 1 saturated carbocycles. The van der Waals surface area contributed by atoms with Crippen molar-refractivity contribution in [3.8, 4) is 10.4 Å². The molecule has 0 bridgehead atoms. The van der Waals surface area contributed by atoms with Gasteiger partial charge in [0.05, 0.1) is 40.5 Å². The smallest absolute Gasteiger partial charge is 0.270 e. The second-order valence-electron chi connectivity index (χ2n) is 21.0. The number of nitrogens with zero attached hydrogens (tertiary/aromatic N) is 9. The Labute approximate surface area is 421 Å². The van der Waals surface area contributed by atoms with Crippen LogP contribution in [0.3, 0.4) is 0 Å². The molecule has 3 aliphatic rings. The van der Waals surface area contributed by atoms with Crippen LogP contribution in [0.15, 0.2) is 60.4 Å². The summed E-state index contributed by atoms with van der Waals surface area (Å²) in [5.74, 6) is -0.540. The van der Waals surface area contributed by atoms with Gasteiger partial charge in [-0.05, 0) is 67.3 Å². The van der Waals surface area contributed by atoms with Crippen LogP contribution in [0.5, 0.6) is 0 Å². The summed E-state index contributed by atoms with van der Waals surface area (Å²) in [4.78, 5) is 94.5. The number of benzene rings is 1. The summed E-state index contributed by atoms with van der Waals surface area (Å²) < 4.78 is 2.13. The highest BCUT2D eigenvalue weighted by Gasteiger charge is 2.44. The maximum atomic E-state index is 14.1. The second-order valence-corrected chi connectivity index (χ2v) is 21.8. The summed E-state index contributed by atoms with van der Waals surface area (Å²) in [6.07, 6.45) is 10.6. The fraction of sp³-hybridized carbons (Fsp3) is 0.537. The van der Waals surface area contributed by atoms with E-state index < -0.39 is 23.5 Å². The zero-order valence-electron chi connectivity index (χ0n) is 42.2. The standard InChI is InChI=1S/C54H70N10O6S/c1-35-49(71-34-58-35)37-18-16-36(17-19-37)30-57-51(68)45-29-43(66)33-63(45)52(69)44(54(2,3)4)28-42(65)14-8-7-9-15-48(67)62-24-22-61(23-25-62)41-21-20-39(55-32-41)27-47-56-31-38-26-46(53(70)60(5)6)64(50(38)59-47)40-12-10-11-13-40/h16-21,26,31-32,34,40,43-45,66H,7-15,22-25,27-30,33H2,1-6H3,(H,57,68)/t43-,44-,45+/m1/s1. The molecular formula is C54H70N10O6S. The zero-order valence-corrected chi connectivity index (χ0v) is 43.0. The Balaban J connectivity index is 0.752. The van der Waals surface area contributed by atoms with Crippen LogP contribution in [0.2, 0.25) is 0 Å². The highest BCUT2D eigenvalue weighted by atomic mass is 32.1. The summed E-state index contributed by atoms with van der Waals surface area (Å²) in [5.41, 5.74) is 7.54. The first-order valence-corrected chi connectivity index (χ1v) is 26.3. The normalized spacial score (nSPS) is 18.0. The number of unbranched alkanes of at least 4 members (excludes halogenated alkanes) is 2. The first-order chi connectivity index (χ1) is 34.0. The molecule has 2 N–H and O–H groups in total. The van der Waals surface area contributed by atoms with Crippen molar-refractivity contribution in [2.45, 2.75) is 129 Å². The van der Waals surface area contributed by atoms with Crippen molar-refractivity contribution >= 4 is 57.5 Å². The topological polar surface area (TPSA) is 187 Å². The van der Waals surface area contributed by atoms with E-state index in [2.05, 4.69) is 30.8 Å². The van der Waals surface area contributed by atoms with Crippen LogP contribution in [0.1, 0.15) is 131 Å². The minimum absolute atomic E-state index is 0.0195. The lowest BCUT2D eigenvalue weighted by atomic mass is 9.76. The van der Waals surface area contributed by atoms with Crippen molar-refractivity contribution in [1.29, 1.82) is 0 Å². The second kappa shape index (κ2) is 22.6. The summed E-state index contributed by atoms with van der Waals surface area (Å²) in [5, 5.41) is 14.5. The van der Waals surface area contributed by atoms with Gasteiger partial charge < -0.3 is 34.6 Å². The number of likely N-dealkylation sites (tertiary alicyclic amines) is 1. The Morgan fingerprint density at radius 3 is 2.30 bits per heavy atom. The van der Waals surface area contributed by atoms with Crippen molar-refractivity contribution in [3.63, 3.8) is 0 Å². The molecule has 6 heterocycles. The van der Waals surface area contributed by atoms with Gasteiger partial charge >= 0.3 is 0 Å². The Hall–Kier alpha value is -6.07. The molecule has 378 valence electrons. The molecule has 2 saturated heterocycles. The molecule has 1 aliphatic carbocycles. The number of hydrogen-bond donors (Lipinski definition) is 2. The third-order valence-corrected chi connectivity index (χ3v) is 15.5. The molecule has 4 amide bonds. The maximum absolute atomic E-state index is 14.1. The molecule has 1 aromatic carbocycles. The van der Waals surface area contributed by atoms with Gasteiger partial charge in [0.1, 0.15) is 29.0 Å². The van der Waals surface area contributed by atoms with Crippen molar-refractivity contribution < 1.29 is 29.1 Å². The van der Waals surface area contributed by atoms with Crippen molar-refractivity contribution in [3.05, 3.63) is 88.8 Å². The van der Waals surface area contributed by atoms with Crippen LogP contribution < -0.4 is 10.2 Å². The van der Waals surface area contributed by atoms with Gasteiger partial charge in [-0.2, -0.15) is 0 Å². The summed E-state index contributed by atoms with van der Waals surface area (Å²) in [6.45, 7) is 10.7. The average molecular weight is 987 g/mol. The molecule has 17 heteroatoms. The number of aliphatic hydroxyl groups is 1. The molecule has 0 radical (unpaired) electrons.